The van der Waals surface area contributed by atoms with Crippen LogP contribution in [-0.2, 0) is 0 Å². The molecular weight excluding hydrogens is 278 g/mol. The molecule has 0 N–H and O–H groups in total. The van der Waals surface area contributed by atoms with Gasteiger partial charge in [-0.05, 0) is 24.3 Å². The second kappa shape index (κ2) is 3.99. The molecule has 0 unspecified atom stereocenters. The predicted molar refractivity (Wildman–Crippen MR) is 61.9 cm³/mol. The predicted octanol–water partition coefficient (Wildman–Crippen LogP) is 4.26. The number of halogens is 3. The molecule has 0 bridgehead atoms. The summed E-state index contributed by atoms with van der Waals surface area (Å²) >= 11 is 3.32. The van der Waals surface area contributed by atoms with E-state index < -0.39 is 5.92 Å². The van der Waals surface area contributed by atoms with Gasteiger partial charge >= 0.3 is 0 Å². The summed E-state index contributed by atoms with van der Waals surface area (Å²) in [7, 11) is 0. The minimum Gasteiger partial charge on any atom is -0.493 e. The van der Waals surface area contributed by atoms with E-state index in [2.05, 4.69) is 15.9 Å². The molecule has 88 valence electrons. The first kappa shape index (κ1) is 11.8. The van der Waals surface area contributed by atoms with Crippen molar-refractivity contribution in [3.05, 3.63) is 28.7 Å². The van der Waals surface area contributed by atoms with Crippen molar-refractivity contribution in [1.29, 1.82) is 0 Å². The summed E-state index contributed by atoms with van der Waals surface area (Å²) in [4.78, 5) is 0. The van der Waals surface area contributed by atoms with Crippen LogP contribution in [0.25, 0.3) is 0 Å². The van der Waals surface area contributed by atoms with E-state index in [1.54, 1.807) is 0 Å². The van der Waals surface area contributed by atoms with Gasteiger partial charge in [-0.1, -0.05) is 22.9 Å². The number of rotatable bonds is 3. The van der Waals surface area contributed by atoms with E-state index in [1.165, 1.54) is 0 Å². The maximum absolute atomic E-state index is 12.8. The first-order valence-corrected chi connectivity index (χ1v) is 5.94. The molecule has 1 aromatic rings. The maximum atomic E-state index is 12.8. The molecule has 1 saturated carbocycles. The summed E-state index contributed by atoms with van der Waals surface area (Å²) in [6.45, 7) is 2.19. The SMILES string of the molecule is CC1(COc2ccc(Br)cc2)CC(F)(F)C1. The van der Waals surface area contributed by atoms with Crippen molar-refractivity contribution in [3.8, 4) is 5.75 Å². The van der Waals surface area contributed by atoms with Crippen molar-refractivity contribution in [2.45, 2.75) is 25.7 Å². The quantitative estimate of drug-likeness (QED) is 0.808. The Labute approximate surface area is 102 Å². The summed E-state index contributed by atoms with van der Waals surface area (Å²) in [5.74, 6) is -1.77. The number of benzene rings is 1. The van der Waals surface area contributed by atoms with Gasteiger partial charge in [0.25, 0.3) is 0 Å². The summed E-state index contributed by atoms with van der Waals surface area (Å²) in [5, 5.41) is 0. The van der Waals surface area contributed by atoms with Crippen LogP contribution in [0.4, 0.5) is 8.78 Å². The Balaban J connectivity index is 1.87. The molecule has 16 heavy (non-hydrogen) atoms. The zero-order chi connectivity index (χ0) is 11.8. The monoisotopic (exact) mass is 290 g/mol. The average Bonchev–Trinajstić information content (AvgIpc) is 2.14. The Kier molecular flexibility index (Phi) is 2.95. The molecule has 0 amide bonds. The first-order valence-electron chi connectivity index (χ1n) is 5.15. The molecular formula is C12H13BrF2O. The fourth-order valence-corrected chi connectivity index (χ4v) is 2.35. The second-order valence-corrected chi connectivity index (χ2v) is 5.68. The molecule has 0 aliphatic heterocycles. The molecule has 0 saturated heterocycles. The fourth-order valence-electron chi connectivity index (χ4n) is 2.09. The van der Waals surface area contributed by atoms with Crippen molar-refractivity contribution in [2.24, 2.45) is 5.41 Å². The zero-order valence-electron chi connectivity index (χ0n) is 8.97. The van der Waals surface area contributed by atoms with Crippen LogP contribution < -0.4 is 4.74 Å². The maximum Gasteiger partial charge on any atom is 0.249 e. The fraction of sp³-hybridized carbons (Fsp3) is 0.500. The summed E-state index contributed by atoms with van der Waals surface area (Å²) in [6, 6.07) is 7.38. The highest BCUT2D eigenvalue weighted by Crippen LogP contribution is 2.51. The third kappa shape index (κ3) is 2.73. The van der Waals surface area contributed by atoms with Crippen LogP contribution in [0, 0.1) is 5.41 Å². The highest BCUT2D eigenvalue weighted by atomic mass is 79.9. The van der Waals surface area contributed by atoms with E-state index in [0.29, 0.717) is 6.61 Å². The summed E-state index contributed by atoms with van der Waals surface area (Å²) in [5.41, 5.74) is -0.378. The Morgan fingerprint density at radius 1 is 1.25 bits per heavy atom. The molecule has 0 radical (unpaired) electrons. The molecule has 1 nitrogen and oxygen atoms in total. The number of hydrogen-bond acceptors (Lipinski definition) is 1. The lowest BCUT2D eigenvalue weighted by atomic mass is 9.68. The van der Waals surface area contributed by atoms with Gasteiger partial charge in [-0.25, -0.2) is 8.78 Å². The largest absolute Gasteiger partial charge is 0.493 e. The van der Waals surface area contributed by atoms with Gasteiger partial charge in [0, 0.05) is 22.7 Å². The highest BCUT2D eigenvalue weighted by molar-refractivity contribution is 9.10. The van der Waals surface area contributed by atoms with Gasteiger partial charge in [0.15, 0.2) is 0 Å². The van der Waals surface area contributed by atoms with Gasteiger partial charge in [0.2, 0.25) is 5.92 Å². The van der Waals surface area contributed by atoms with E-state index in [0.717, 1.165) is 10.2 Å². The van der Waals surface area contributed by atoms with Crippen LogP contribution in [0.2, 0.25) is 0 Å². The normalized spacial score (nSPS) is 21.2. The minimum atomic E-state index is -2.49. The Morgan fingerprint density at radius 2 is 1.81 bits per heavy atom. The number of alkyl halides is 2. The summed E-state index contributed by atoms with van der Waals surface area (Å²) < 4.78 is 32.0. The van der Waals surface area contributed by atoms with E-state index in [9.17, 15) is 8.78 Å². The minimum absolute atomic E-state index is 0.0729. The molecule has 2 rings (SSSR count). The highest BCUT2D eigenvalue weighted by Gasteiger charge is 2.53. The van der Waals surface area contributed by atoms with Gasteiger partial charge in [0.1, 0.15) is 5.75 Å². The second-order valence-electron chi connectivity index (χ2n) is 4.76. The molecule has 1 aliphatic rings. The molecule has 0 spiro atoms. The Hall–Kier alpha value is -0.640. The lowest BCUT2D eigenvalue weighted by Gasteiger charge is -2.44. The Morgan fingerprint density at radius 3 is 2.31 bits per heavy atom. The number of ether oxygens (including phenoxy) is 1. The van der Waals surface area contributed by atoms with E-state index in [1.807, 2.05) is 31.2 Å². The van der Waals surface area contributed by atoms with Crippen molar-refractivity contribution in [2.75, 3.05) is 6.61 Å². The zero-order valence-corrected chi connectivity index (χ0v) is 10.6. The topological polar surface area (TPSA) is 9.23 Å². The molecule has 0 heterocycles. The van der Waals surface area contributed by atoms with Gasteiger partial charge in [-0.3, -0.25) is 0 Å². The van der Waals surface area contributed by atoms with Gasteiger partial charge in [0.05, 0.1) is 6.61 Å². The van der Waals surface area contributed by atoms with E-state index in [4.69, 9.17) is 4.74 Å². The van der Waals surface area contributed by atoms with Crippen LogP contribution in [0.5, 0.6) is 5.75 Å². The lowest BCUT2D eigenvalue weighted by Crippen LogP contribution is -2.47. The smallest absolute Gasteiger partial charge is 0.249 e. The van der Waals surface area contributed by atoms with Crippen molar-refractivity contribution >= 4 is 15.9 Å². The third-order valence-electron chi connectivity index (χ3n) is 2.77. The van der Waals surface area contributed by atoms with Crippen LogP contribution in [-0.4, -0.2) is 12.5 Å². The molecule has 1 fully saturated rings. The standard InChI is InChI=1S/C12H13BrF2O/c1-11(6-12(14,15)7-11)8-16-10-4-2-9(13)3-5-10/h2-5H,6-8H2,1H3. The van der Waals surface area contributed by atoms with Gasteiger partial charge in [-0.15, -0.1) is 0 Å². The van der Waals surface area contributed by atoms with E-state index in [-0.39, 0.29) is 18.3 Å². The van der Waals surface area contributed by atoms with Crippen LogP contribution in [0.15, 0.2) is 28.7 Å². The Bertz CT molecular complexity index is 367. The molecule has 0 atom stereocenters. The van der Waals surface area contributed by atoms with E-state index >= 15 is 0 Å². The summed E-state index contributed by atoms with van der Waals surface area (Å²) in [6.07, 6.45) is -0.146. The van der Waals surface area contributed by atoms with Gasteiger partial charge < -0.3 is 4.74 Å². The number of hydrogen-bond donors (Lipinski definition) is 0. The van der Waals surface area contributed by atoms with Crippen LogP contribution in [0.3, 0.4) is 0 Å². The molecule has 4 heteroatoms. The lowest BCUT2D eigenvalue weighted by molar-refractivity contribution is -0.164. The third-order valence-corrected chi connectivity index (χ3v) is 3.30. The van der Waals surface area contributed by atoms with Crippen LogP contribution in [0.1, 0.15) is 19.8 Å². The van der Waals surface area contributed by atoms with Crippen molar-refractivity contribution < 1.29 is 13.5 Å². The van der Waals surface area contributed by atoms with Crippen LogP contribution >= 0.6 is 15.9 Å². The average molecular weight is 291 g/mol. The van der Waals surface area contributed by atoms with Crippen molar-refractivity contribution in [1.82, 2.24) is 0 Å². The molecule has 1 aliphatic carbocycles. The molecule has 1 aromatic carbocycles. The molecule has 0 aromatic heterocycles. The van der Waals surface area contributed by atoms with Gasteiger partial charge in [-0.2, -0.15) is 0 Å². The first-order chi connectivity index (χ1) is 7.39. The van der Waals surface area contributed by atoms with Crippen molar-refractivity contribution in [3.63, 3.8) is 0 Å².